The highest BCUT2D eigenvalue weighted by Crippen LogP contribution is 2.22. The number of rotatable bonds is 6. The molecule has 27 heavy (non-hydrogen) atoms. The van der Waals surface area contributed by atoms with Crippen LogP contribution in [0.25, 0.3) is 11.0 Å². The highest BCUT2D eigenvalue weighted by molar-refractivity contribution is 5.79. The van der Waals surface area contributed by atoms with E-state index in [1.807, 2.05) is 24.5 Å². The van der Waals surface area contributed by atoms with Crippen LogP contribution < -0.4 is 4.74 Å². The molecule has 0 atom stereocenters. The zero-order chi connectivity index (χ0) is 18.6. The molecule has 0 bridgehead atoms. The van der Waals surface area contributed by atoms with Gasteiger partial charge in [0, 0.05) is 36.1 Å². The highest BCUT2D eigenvalue weighted by Gasteiger charge is 2.08. The van der Waals surface area contributed by atoms with Crippen LogP contribution in [0.2, 0.25) is 0 Å². The minimum Gasteiger partial charge on any atom is -0.496 e. The van der Waals surface area contributed by atoms with Gasteiger partial charge in [-0.05, 0) is 65.9 Å². The Balaban J connectivity index is 1.44. The molecule has 136 valence electrons. The first-order valence-electron chi connectivity index (χ1n) is 8.90. The zero-order valence-corrected chi connectivity index (χ0v) is 15.1. The maximum atomic E-state index is 13.5. The van der Waals surface area contributed by atoms with Gasteiger partial charge in [0.1, 0.15) is 17.2 Å². The van der Waals surface area contributed by atoms with E-state index in [-0.39, 0.29) is 5.82 Å². The van der Waals surface area contributed by atoms with Gasteiger partial charge in [-0.3, -0.25) is 4.98 Å². The molecule has 4 rings (SSSR count). The zero-order valence-electron chi connectivity index (χ0n) is 15.1. The van der Waals surface area contributed by atoms with Crippen LogP contribution >= 0.6 is 0 Å². The van der Waals surface area contributed by atoms with E-state index in [9.17, 15) is 4.39 Å². The Morgan fingerprint density at radius 3 is 2.78 bits per heavy atom. The number of hydrogen-bond acceptors (Lipinski definition) is 3. The van der Waals surface area contributed by atoms with Crippen LogP contribution in [0.4, 0.5) is 4.39 Å². The summed E-state index contributed by atoms with van der Waals surface area (Å²) in [6.45, 7) is 0. The first kappa shape index (κ1) is 17.2. The summed E-state index contributed by atoms with van der Waals surface area (Å²) in [5, 5.41) is 1.14. The Hall–Kier alpha value is -3.21. The van der Waals surface area contributed by atoms with E-state index in [1.165, 1.54) is 17.7 Å². The molecular formula is C22H20FN3O. The largest absolute Gasteiger partial charge is 0.496 e. The lowest BCUT2D eigenvalue weighted by Gasteiger charge is -2.08. The van der Waals surface area contributed by atoms with Gasteiger partial charge in [-0.15, -0.1) is 0 Å². The summed E-state index contributed by atoms with van der Waals surface area (Å²) in [6.07, 6.45) is 7.91. The van der Waals surface area contributed by atoms with Gasteiger partial charge < -0.3 is 9.72 Å². The minimum absolute atomic E-state index is 0.248. The number of aryl methyl sites for hydroxylation is 2. The van der Waals surface area contributed by atoms with Gasteiger partial charge in [0.2, 0.25) is 0 Å². The Morgan fingerprint density at radius 2 is 1.96 bits per heavy atom. The molecule has 3 heterocycles. The monoisotopic (exact) mass is 361 g/mol. The summed E-state index contributed by atoms with van der Waals surface area (Å²) in [7, 11) is 1.60. The molecule has 0 aliphatic carbocycles. The average Bonchev–Trinajstić information content (AvgIpc) is 3.10. The van der Waals surface area contributed by atoms with Crippen molar-refractivity contribution < 1.29 is 9.13 Å². The van der Waals surface area contributed by atoms with Crippen molar-refractivity contribution in [2.45, 2.75) is 19.3 Å². The molecule has 4 aromatic rings. The molecule has 1 aromatic carbocycles. The van der Waals surface area contributed by atoms with Crippen molar-refractivity contribution in [2.75, 3.05) is 7.11 Å². The number of nitrogens with one attached hydrogen (secondary N) is 1. The van der Waals surface area contributed by atoms with Crippen molar-refractivity contribution in [1.29, 1.82) is 0 Å². The van der Waals surface area contributed by atoms with Gasteiger partial charge in [0.15, 0.2) is 0 Å². The summed E-state index contributed by atoms with van der Waals surface area (Å²) in [4.78, 5) is 12.1. The molecule has 0 unspecified atom stereocenters. The topological polar surface area (TPSA) is 50.8 Å². The Morgan fingerprint density at radius 1 is 1.04 bits per heavy atom. The molecule has 0 aliphatic heterocycles. The van der Waals surface area contributed by atoms with Crippen LogP contribution in [0.3, 0.4) is 0 Å². The Kier molecular flexibility index (Phi) is 4.83. The van der Waals surface area contributed by atoms with Crippen molar-refractivity contribution in [3.63, 3.8) is 0 Å². The van der Waals surface area contributed by atoms with Crippen LogP contribution in [0.1, 0.15) is 22.4 Å². The summed E-state index contributed by atoms with van der Waals surface area (Å²) in [5.74, 6) is 0.461. The van der Waals surface area contributed by atoms with Crippen LogP contribution in [0, 0.1) is 5.82 Å². The lowest BCUT2D eigenvalue weighted by atomic mass is 10.0. The number of hydrogen-bond donors (Lipinski definition) is 1. The lowest BCUT2D eigenvalue weighted by molar-refractivity contribution is 0.408. The molecule has 0 spiro atoms. The van der Waals surface area contributed by atoms with Gasteiger partial charge in [-0.25, -0.2) is 9.37 Å². The second-order valence-electron chi connectivity index (χ2n) is 6.50. The molecule has 0 radical (unpaired) electrons. The molecule has 0 amide bonds. The molecule has 0 saturated carbocycles. The Labute approximate surface area is 157 Å². The summed E-state index contributed by atoms with van der Waals surface area (Å²) in [6, 6.07) is 12.8. The number of nitrogens with zero attached hydrogens (tertiary/aromatic N) is 2. The normalized spacial score (nSPS) is 11.0. The standard InChI is InChI=1S/C22H20FN3O/c1-27-21-9-6-18(23)12-16(21)5-8-19-7-4-15(13-25-19)11-17-14-26-22-20(17)3-2-10-24-22/h2-4,6-7,9-10,12-14H,5,8,11H2,1H3,(H,24,26). The molecule has 3 aromatic heterocycles. The van der Waals surface area contributed by atoms with Crippen molar-refractivity contribution in [2.24, 2.45) is 0 Å². The third-order valence-electron chi connectivity index (χ3n) is 4.71. The number of methoxy groups -OCH3 is 1. The number of halogens is 1. The predicted molar refractivity (Wildman–Crippen MR) is 103 cm³/mol. The average molecular weight is 361 g/mol. The minimum atomic E-state index is -0.248. The second kappa shape index (κ2) is 7.58. The first-order valence-corrected chi connectivity index (χ1v) is 8.90. The fourth-order valence-corrected chi connectivity index (χ4v) is 3.29. The lowest BCUT2D eigenvalue weighted by Crippen LogP contribution is -1.99. The molecule has 0 fully saturated rings. The fraction of sp³-hybridized carbons (Fsp3) is 0.182. The molecule has 5 heteroatoms. The summed E-state index contributed by atoms with van der Waals surface area (Å²) in [5.41, 5.74) is 5.09. The van der Waals surface area contributed by atoms with Gasteiger partial charge in [0.05, 0.1) is 7.11 Å². The van der Waals surface area contributed by atoms with E-state index < -0.39 is 0 Å². The number of pyridine rings is 2. The maximum Gasteiger partial charge on any atom is 0.137 e. The van der Waals surface area contributed by atoms with Crippen molar-refractivity contribution in [1.82, 2.24) is 15.0 Å². The maximum absolute atomic E-state index is 13.5. The van der Waals surface area contributed by atoms with Gasteiger partial charge in [0.25, 0.3) is 0 Å². The number of H-pyrrole nitrogens is 1. The van der Waals surface area contributed by atoms with Crippen LogP contribution in [0.5, 0.6) is 5.75 Å². The van der Waals surface area contributed by atoms with E-state index in [0.717, 1.165) is 40.7 Å². The number of benzene rings is 1. The van der Waals surface area contributed by atoms with Crippen LogP contribution in [0.15, 0.2) is 61.1 Å². The smallest absolute Gasteiger partial charge is 0.137 e. The van der Waals surface area contributed by atoms with Crippen molar-refractivity contribution in [3.8, 4) is 5.75 Å². The van der Waals surface area contributed by atoms with Crippen LogP contribution in [-0.2, 0) is 19.3 Å². The first-order chi connectivity index (χ1) is 13.2. The SMILES string of the molecule is COc1ccc(F)cc1CCc1ccc(Cc2c[nH]c3ncccc23)cn1. The fourth-order valence-electron chi connectivity index (χ4n) is 3.29. The summed E-state index contributed by atoms with van der Waals surface area (Å²) >= 11 is 0. The number of fused-ring (bicyclic) bond motifs is 1. The van der Waals surface area contributed by atoms with E-state index in [1.54, 1.807) is 19.4 Å². The quantitative estimate of drug-likeness (QED) is 0.551. The van der Waals surface area contributed by atoms with E-state index in [2.05, 4.69) is 27.1 Å². The number of ether oxygens (including phenoxy) is 1. The molecule has 0 aliphatic rings. The third kappa shape index (κ3) is 3.82. The molecule has 0 saturated heterocycles. The highest BCUT2D eigenvalue weighted by atomic mass is 19.1. The van der Waals surface area contributed by atoms with Gasteiger partial charge in [-0.2, -0.15) is 0 Å². The second-order valence-corrected chi connectivity index (χ2v) is 6.50. The molecular weight excluding hydrogens is 341 g/mol. The third-order valence-corrected chi connectivity index (χ3v) is 4.71. The molecule has 4 nitrogen and oxygen atoms in total. The summed E-state index contributed by atoms with van der Waals surface area (Å²) < 4.78 is 18.8. The number of aromatic amines is 1. The number of aromatic nitrogens is 3. The van der Waals surface area contributed by atoms with Crippen LogP contribution in [-0.4, -0.2) is 22.1 Å². The van der Waals surface area contributed by atoms with E-state index in [0.29, 0.717) is 12.2 Å². The van der Waals surface area contributed by atoms with E-state index >= 15 is 0 Å². The van der Waals surface area contributed by atoms with Gasteiger partial charge in [-0.1, -0.05) is 6.07 Å². The molecule has 1 N–H and O–H groups in total. The Bertz CT molecular complexity index is 1060. The van der Waals surface area contributed by atoms with Crippen molar-refractivity contribution >= 4 is 11.0 Å². The predicted octanol–water partition coefficient (Wildman–Crippen LogP) is 4.48. The van der Waals surface area contributed by atoms with E-state index in [4.69, 9.17) is 4.74 Å². The van der Waals surface area contributed by atoms with Gasteiger partial charge >= 0.3 is 0 Å². The van der Waals surface area contributed by atoms with Crippen molar-refractivity contribution in [3.05, 3.63) is 89.3 Å².